The number of amides is 1. The molecule has 0 atom stereocenters. The molecule has 2 aromatic heterocycles. The fraction of sp³-hybridized carbons (Fsp3) is 0.364. The van der Waals surface area contributed by atoms with Crippen LogP contribution in [0.5, 0.6) is 5.88 Å². The van der Waals surface area contributed by atoms with Crippen LogP contribution < -0.4 is 10.1 Å². The fourth-order valence-electron chi connectivity index (χ4n) is 1.34. The SMILES string of the molecule is COc1cc(CCC(=O)Nc2nc(C)cs2)on1. The Bertz CT molecular complexity index is 535. The van der Waals surface area contributed by atoms with Crippen molar-refractivity contribution in [2.45, 2.75) is 19.8 Å². The average Bonchev–Trinajstić information content (AvgIpc) is 2.95. The highest BCUT2D eigenvalue weighted by Gasteiger charge is 2.09. The molecule has 7 heteroatoms. The third-order valence-corrected chi connectivity index (χ3v) is 3.09. The van der Waals surface area contributed by atoms with Crippen molar-refractivity contribution < 1.29 is 14.1 Å². The molecule has 2 rings (SSSR count). The minimum absolute atomic E-state index is 0.0975. The first-order chi connectivity index (χ1) is 8.67. The Labute approximate surface area is 108 Å². The monoisotopic (exact) mass is 267 g/mol. The van der Waals surface area contributed by atoms with E-state index in [0.29, 0.717) is 29.6 Å². The summed E-state index contributed by atoms with van der Waals surface area (Å²) in [5, 5.41) is 8.89. The Morgan fingerprint density at radius 2 is 2.44 bits per heavy atom. The largest absolute Gasteiger partial charge is 0.479 e. The molecule has 96 valence electrons. The van der Waals surface area contributed by atoms with E-state index in [1.807, 2.05) is 12.3 Å². The molecule has 0 unspecified atom stereocenters. The highest BCUT2D eigenvalue weighted by molar-refractivity contribution is 7.13. The van der Waals surface area contributed by atoms with Gasteiger partial charge in [-0.1, -0.05) is 0 Å². The second kappa shape index (κ2) is 5.63. The highest BCUT2D eigenvalue weighted by atomic mass is 32.1. The quantitative estimate of drug-likeness (QED) is 0.896. The van der Waals surface area contributed by atoms with Gasteiger partial charge in [-0.3, -0.25) is 4.79 Å². The minimum atomic E-state index is -0.0975. The molecule has 0 bridgehead atoms. The van der Waals surface area contributed by atoms with Crippen LogP contribution in [-0.4, -0.2) is 23.2 Å². The van der Waals surface area contributed by atoms with Crippen LogP contribution in [0.25, 0.3) is 0 Å². The average molecular weight is 267 g/mol. The van der Waals surface area contributed by atoms with Crippen molar-refractivity contribution in [3.63, 3.8) is 0 Å². The van der Waals surface area contributed by atoms with Gasteiger partial charge in [-0.15, -0.1) is 11.3 Å². The van der Waals surface area contributed by atoms with Crippen molar-refractivity contribution in [3.05, 3.63) is 22.9 Å². The molecule has 2 heterocycles. The van der Waals surface area contributed by atoms with Crippen LogP contribution in [0.3, 0.4) is 0 Å². The Morgan fingerprint density at radius 3 is 3.06 bits per heavy atom. The van der Waals surface area contributed by atoms with E-state index in [0.717, 1.165) is 5.69 Å². The van der Waals surface area contributed by atoms with Crippen molar-refractivity contribution in [1.29, 1.82) is 0 Å². The Hall–Kier alpha value is -1.89. The zero-order valence-corrected chi connectivity index (χ0v) is 10.9. The summed E-state index contributed by atoms with van der Waals surface area (Å²) in [4.78, 5) is 15.8. The number of hydrogen-bond donors (Lipinski definition) is 1. The number of aryl methyl sites for hydroxylation is 2. The van der Waals surface area contributed by atoms with Crippen molar-refractivity contribution in [2.75, 3.05) is 12.4 Å². The number of nitrogens with one attached hydrogen (secondary N) is 1. The third-order valence-electron chi connectivity index (χ3n) is 2.21. The van der Waals surface area contributed by atoms with E-state index in [-0.39, 0.29) is 5.91 Å². The van der Waals surface area contributed by atoms with Gasteiger partial charge in [0.15, 0.2) is 5.13 Å². The molecule has 2 aromatic rings. The molecule has 18 heavy (non-hydrogen) atoms. The van der Waals surface area contributed by atoms with Gasteiger partial charge in [0.25, 0.3) is 5.88 Å². The summed E-state index contributed by atoms with van der Waals surface area (Å²) in [5.74, 6) is 0.943. The van der Waals surface area contributed by atoms with Gasteiger partial charge in [-0.2, -0.15) is 0 Å². The molecular weight excluding hydrogens is 254 g/mol. The van der Waals surface area contributed by atoms with Gasteiger partial charge in [0, 0.05) is 24.3 Å². The number of rotatable bonds is 5. The second-order valence-corrected chi connectivity index (χ2v) is 4.54. The smallest absolute Gasteiger partial charge is 0.254 e. The molecule has 0 aliphatic heterocycles. The molecule has 0 aliphatic rings. The molecule has 0 saturated heterocycles. The van der Waals surface area contributed by atoms with Crippen molar-refractivity contribution in [3.8, 4) is 5.88 Å². The zero-order chi connectivity index (χ0) is 13.0. The molecule has 0 fully saturated rings. The summed E-state index contributed by atoms with van der Waals surface area (Å²) in [6, 6.07) is 1.67. The van der Waals surface area contributed by atoms with Crippen LogP contribution in [0.1, 0.15) is 17.9 Å². The first kappa shape index (κ1) is 12.6. The lowest BCUT2D eigenvalue weighted by atomic mass is 10.2. The van der Waals surface area contributed by atoms with Gasteiger partial charge < -0.3 is 14.6 Å². The maximum Gasteiger partial charge on any atom is 0.254 e. The molecule has 1 amide bonds. The van der Waals surface area contributed by atoms with Crippen LogP contribution in [0, 0.1) is 6.92 Å². The number of carbonyl (C=O) groups is 1. The van der Waals surface area contributed by atoms with E-state index >= 15 is 0 Å². The van der Waals surface area contributed by atoms with Gasteiger partial charge >= 0.3 is 0 Å². The number of aromatic nitrogens is 2. The number of anilines is 1. The third kappa shape index (κ3) is 3.30. The summed E-state index contributed by atoms with van der Waals surface area (Å²) in [7, 11) is 1.51. The van der Waals surface area contributed by atoms with Gasteiger partial charge in [-0.05, 0) is 12.1 Å². The van der Waals surface area contributed by atoms with Crippen LogP contribution in [0.4, 0.5) is 5.13 Å². The van der Waals surface area contributed by atoms with Gasteiger partial charge in [-0.25, -0.2) is 4.98 Å². The van der Waals surface area contributed by atoms with Crippen molar-refractivity contribution in [2.24, 2.45) is 0 Å². The normalized spacial score (nSPS) is 10.3. The number of nitrogens with zero attached hydrogens (tertiary/aromatic N) is 2. The second-order valence-electron chi connectivity index (χ2n) is 3.68. The molecule has 0 radical (unpaired) electrons. The molecule has 0 aliphatic carbocycles. The van der Waals surface area contributed by atoms with Crippen molar-refractivity contribution >= 4 is 22.4 Å². The summed E-state index contributed by atoms with van der Waals surface area (Å²) in [6.45, 7) is 1.88. The van der Waals surface area contributed by atoms with Crippen LogP contribution in [-0.2, 0) is 11.2 Å². The van der Waals surface area contributed by atoms with E-state index in [4.69, 9.17) is 9.26 Å². The molecule has 0 saturated carbocycles. The van der Waals surface area contributed by atoms with E-state index in [9.17, 15) is 4.79 Å². The standard InChI is InChI=1S/C11H13N3O3S/c1-7-6-18-11(12-7)13-9(15)4-3-8-5-10(16-2)14-17-8/h5-6H,3-4H2,1-2H3,(H,12,13,15). The zero-order valence-electron chi connectivity index (χ0n) is 10.1. The number of methoxy groups -OCH3 is 1. The summed E-state index contributed by atoms with van der Waals surface area (Å²) in [6.07, 6.45) is 0.795. The predicted octanol–water partition coefficient (Wildman–Crippen LogP) is 2.02. The summed E-state index contributed by atoms with van der Waals surface area (Å²) < 4.78 is 9.88. The van der Waals surface area contributed by atoms with E-state index in [2.05, 4.69) is 15.5 Å². The molecular formula is C11H13N3O3S. The van der Waals surface area contributed by atoms with E-state index in [1.54, 1.807) is 6.07 Å². The van der Waals surface area contributed by atoms with Crippen LogP contribution in [0.15, 0.2) is 16.0 Å². The van der Waals surface area contributed by atoms with Gasteiger partial charge in [0.05, 0.1) is 12.8 Å². The lowest BCUT2D eigenvalue weighted by Gasteiger charge is -1.99. The molecule has 0 aromatic carbocycles. The van der Waals surface area contributed by atoms with Crippen LogP contribution in [0.2, 0.25) is 0 Å². The molecule has 0 spiro atoms. The predicted molar refractivity (Wildman–Crippen MR) is 66.9 cm³/mol. The van der Waals surface area contributed by atoms with Crippen LogP contribution >= 0.6 is 11.3 Å². The topological polar surface area (TPSA) is 77.2 Å². The highest BCUT2D eigenvalue weighted by Crippen LogP contribution is 2.16. The number of ether oxygens (including phenoxy) is 1. The maximum absolute atomic E-state index is 11.6. The number of hydrogen-bond acceptors (Lipinski definition) is 6. The van der Waals surface area contributed by atoms with Gasteiger partial charge in [0.1, 0.15) is 5.76 Å². The van der Waals surface area contributed by atoms with Crippen molar-refractivity contribution in [1.82, 2.24) is 10.1 Å². The maximum atomic E-state index is 11.6. The van der Waals surface area contributed by atoms with E-state index < -0.39 is 0 Å². The number of carbonyl (C=O) groups excluding carboxylic acids is 1. The fourth-order valence-corrected chi connectivity index (χ4v) is 2.04. The Kier molecular flexibility index (Phi) is 3.93. The molecule has 1 N–H and O–H groups in total. The Balaban J connectivity index is 1.81. The first-order valence-electron chi connectivity index (χ1n) is 5.39. The minimum Gasteiger partial charge on any atom is -0.479 e. The first-order valence-corrected chi connectivity index (χ1v) is 6.27. The summed E-state index contributed by atoms with van der Waals surface area (Å²) >= 11 is 1.41. The molecule has 6 nitrogen and oxygen atoms in total. The lowest BCUT2D eigenvalue weighted by molar-refractivity contribution is -0.116. The summed E-state index contributed by atoms with van der Waals surface area (Å²) in [5.41, 5.74) is 0.898. The lowest BCUT2D eigenvalue weighted by Crippen LogP contribution is -2.11. The number of thiazole rings is 1. The van der Waals surface area contributed by atoms with E-state index in [1.165, 1.54) is 18.4 Å². The van der Waals surface area contributed by atoms with Gasteiger partial charge in [0.2, 0.25) is 5.91 Å². The Morgan fingerprint density at radius 1 is 1.61 bits per heavy atom.